The number of carbonyl (C=O) groups excluding carboxylic acids is 2. The molecule has 0 aromatic carbocycles. The number of hydrogen-bond acceptors (Lipinski definition) is 7. The van der Waals surface area contributed by atoms with Crippen LogP contribution in [0.4, 0.5) is 0 Å². The van der Waals surface area contributed by atoms with Crippen LogP contribution in [0.15, 0.2) is 0 Å². The van der Waals surface area contributed by atoms with Gasteiger partial charge in [0.1, 0.15) is 0 Å². The summed E-state index contributed by atoms with van der Waals surface area (Å²) in [7, 11) is 1.14. The number of carboxylic acids is 1. The van der Waals surface area contributed by atoms with Crippen molar-refractivity contribution in [1.82, 2.24) is 0 Å². The molecule has 1 saturated carbocycles. The van der Waals surface area contributed by atoms with Gasteiger partial charge in [-0.05, 0) is 25.2 Å². The zero-order valence-electron chi connectivity index (χ0n) is 12.9. The Bertz CT molecular complexity index is 445. The minimum atomic E-state index is -1.90. The molecule has 0 spiro atoms. The van der Waals surface area contributed by atoms with Gasteiger partial charge in [-0.25, -0.2) is 4.79 Å². The summed E-state index contributed by atoms with van der Waals surface area (Å²) in [4.78, 5) is 35.0. The summed E-state index contributed by atoms with van der Waals surface area (Å²) >= 11 is 1.45. The number of hydrogen-bond donors (Lipinski definition) is 3. The molecule has 1 aliphatic rings. The number of nitrogens with two attached hydrogens (primary N) is 2. The number of methoxy groups -OCH3 is 1. The van der Waals surface area contributed by atoms with E-state index in [9.17, 15) is 14.4 Å². The molecule has 2 unspecified atom stereocenters. The highest BCUT2D eigenvalue weighted by molar-refractivity contribution is 8.00. The van der Waals surface area contributed by atoms with Crippen molar-refractivity contribution in [1.29, 1.82) is 0 Å². The van der Waals surface area contributed by atoms with Crippen molar-refractivity contribution in [3.05, 3.63) is 0 Å². The minimum Gasteiger partial charge on any atom is -0.481 e. The lowest BCUT2D eigenvalue weighted by molar-refractivity contribution is -0.151. The lowest BCUT2D eigenvalue weighted by Crippen LogP contribution is -2.62. The van der Waals surface area contributed by atoms with Crippen molar-refractivity contribution in [2.75, 3.05) is 12.9 Å². The molecule has 0 aromatic rings. The maximum atomic E-state index is 12.3. The standard InChI is InChI=1S/C14H24N2O5S/c1-8-3-4-9(5-8)22-7-14(16,13(20)21-2)12(19)10(15)6-11(17)18/h8-10H,3-7,15-16H2,1-2H3,(H,17,18)/t8?,9?,10-,14+/m0/s1. The van der Waals surface area contributed by atoms with E-state index in [2.05, 4.69) is 11.7 Å². The van der Waals surface area contributed by atoms with Crippen LogP contribution in [0.5, 0.6) is 0 Å². The predicted octanol–water partition coefficient (Wildman–Crippen LogP) is 0.150. The van der Waals surface area contributed by atoms with E-state index >= 15 is 0 Å². The van der Waals surface area contributed by atoms with Crippen LogP contribution in [-0.4, -0.2) is 52.5 Å². The molecule has 7 nitrogen and oxygen atoms in total. The summed E-state index contributed by atoms with van der Waals surface area (Å²) in [6, 6.07) is -1.33. The van der Waals surface area contributed by atoms with E-state index in [0.717, 1.165) is 26.4 Å². The highest BCUT2D eigenvalue weighted by atomic mass is 32.2. The van der Waals surface area contributed by atoms with E-state index in [0.29, 0.717) is 11.2 Å². The molecule has 0 radical (unpaired) electrons. The van der Waals surface area contributed by atoms with Crippen LogP contribution in [0.1, 0.15) is 32.6 Å². The number of thioether (sulfide) groups is 1. The van der Waals surface area contributed by atoms with E-state index in [1.807, 2.05) is 0 Å². The fourth-order valence-corrected chi connectivity index (χ4v) is 4.11. The third-order valence-electron chi connectivity index (χ3n) is 3.91. The average molecular weight is 332 g/mol. The topological polar surface area (TPSA) is 133 Å². The monoisotopic (exact) mass is 332 g/mol. The third-order valence-corrected chi connectivity index (χ3v) is 5.44. The van der Waals surface area contributed by atoms with Gasteiger partial charge in [0, 0.05) is 11.0 Å². The second-order valence-corrected chi connectivity index (χ2v) is 7.17. The Kier molecular flexibility index (Phi) is 6.83. The summed E-state index contributed by atoms with van der Waals surface area (Å²) in [5, 5.41) is 9.07. The van der Waals surface area contributed by atoms with Gasteiger partial charge >= 0.3 is 11.9 Å². The molecule has 0 bridgehead atoms. The van der Waals surface area contributed by atoms with Gasteiger partial charge in [-0.15, -0.1) is 0 Å². The molecule has 0 saturated heterocycles. The first-order chi connectivity index (χ1) is 10.2. The molecular weight excluding hydrogens is 308 g/mol. The molecule has 1 fully saturated rings. The highest BCUT2D eigenvalue weighted by Gasteiger charge is 2.46. The maximum absolute atomic E-state index is 12.3. The summed E-state index contributed by atoms with van der Waals surface area (Å²) in [6.07, 6.45) is 2.57. The van der Waals surface area contributed by atoms with Crippen molar-refractivity contribution >= 4 is 29.5 Å². The zero-order valence-corrected chi connectivity index (χ0v) is 13.7. The zero-order chi connectivity index (χ0) is 16.9. The van der Waals surface area contributed by atoms with Crippen molar-refractivity contribution in [3.8, 4) is 0 Å². The van der Waals surface area contributed by atoms with Gasteiger partial charge in [0.2, 0.25) is 0 Å². The van der Waals surface area contributed by atoms with Gasteiger partial charge in [-0.2, -0.15) is 11.8 Å². The number of Topliss-reactive ketones (excluding diaryl/α,β-unsaturated/α-hetero) is 1. The molecule has 1 rings (SSSR count). The van der Waals surface area contributed by atoms with Crippen LogP contribution in [0, 0.1) is 5.92 Å². The van der Waals surface area contributed by atoms with E-state index < -0.39 is 35.7 Å². The minimum absolute atomic E-state index is 0.0449. The molecule has 0 amide bonds. The van der Waals surface area contributed by atoms with Gasteiger partial charge in [0.05, 0.1) is 19.6 Å². The van der Waals surface area contributed by atoms with Crippen LogP contribution in [-0.2, 0) is 19.1 Å². The Morgan fingerprint density at radius 2 is 2.05 bits per heavy atom. The van der Waals surface area contributed by atoms with Gasteiger partial charge < -0.3 is 21.3 Å². The van der Waals surface area contributed by atoms with Crippen molar-refractivity contribution < 1.29 is 24.2 Å². The van der Waals surface area contributed by atoms with Crippen molar-refractivity contribution in [2.24, 2.45) is 17.4 Å². The fourth-order valence-electron chi connectivity index (χ4n) is 2.58. The molecule has 5 N–H and O–H groups in total. The number of aliphatic carboxylic acids is 1. The Labute approximate surface area is 134 Å². The van der Waals surface area contributed by atoms with E-state index in [1.165, 1.54) is 11.8 Å². The first-order valence-electron chi connectivity index (χ1n) is 7.21. The Hall–Kier alpha value is -1.12. The molecule has 22 heavy (non-hydrogen) atoms. The molecule has 0 aliphatic heterocycles. The number of esters is 1. The van der Waals surface area contributed by atoms with Crippen LogP contribution in [0.3, 0.4) is 0 Å². The second kappa shape index (κ2) is 7.94. The van der Waals surface area contributed by atoms with Crippen LogP contribution in [0.2, 0.25) is 0 Å². The number of carboxylic acid groups (broad SMARTS) is 1. The molecule has 4 atom stereocenters. The Morgan fingerprint density at radius 3 is 2.50 bits per heavy atom. The van der Waals surface area contributed by atoms with Crippen LogP contribution >= 0.6 is 11.8 Å². The Balaban J connectivity index is 2.78. The van der Waals surface area contributed by atoms with Crippen LogP contribution < -0.4 is 11.5 Å². The van der Waals surface area contributed by atoms with Gasteiger partial charge in [0.25, 0.3) is 0 Å². The number of rotatable bonds is 8. The molecule has 1 aliphatic carbocycles. The van der Waals surface area contributed by atoms with Crippen molar-refractivity contribution in [2.45, 2.75) is 49.4 Å². The summed E-state index contributed by atoms with van der Waals surface area (Å²) in [5.74, 6) is -2.22. The lowest BCUT2D eigenvalue weighted by Gasteiger charge is -2.28. The fraction of sp³-hybridized carbons (Fsp3) is 0.786. The van der Waals surface area contributed by atoms with E-state index in [-0.39, 0.29) is 5.75 Å². The predicted molar refractivity (Wildman–Crippen MR) is 83.4 cm³/mol. The summed E-state index contributed by atoms with van der Waals surface area (Å²) < 4.78 is 4.63. The van der Waals surface area contributed by atoms with Crippen LogP contribution in [0.25, 0.3) is 0 Å². The first kappa shape index (κ1) is 18.9. The molecule has 0 aromatic heterocycles. The number of carbonyl (C=O) groups is 3. The van der Waals surface area contributed by atoms with E-state index in [1.54, 1.807) is 0 Å². The smallest absolute Gasteiger partial charge is 0.334 e. The second-order valence-electron chi connectivity index (χ2n) is 5.88. The van der Waals surface area contributed by atoms with Gasteiger partial charge in [-0.3, -0.25) is 9.59 Å². The third kappa shape index (κ3) is 4.69. The normalized spacial score (nSPS) is 25.3. The lowest BCUT2D eigenvalue weighted by atomic mass is 9.91. The quantitative estimate of drug-likeness (QED) is 0.422. The average Bonchev–Trinajstić information content (AvgIpc) is 2.87. The van der Waals surface area contributed by atoms with E-state index in [4.69, 9.17) is 16.6 Å². The molecular formula is C14H24N2O5S. The maximum Gasteiger partial charge on any atom is 0.334 e. The summed E-state index contributed by atoms with van der Waals surface area (Å²) in [5.41, 5.74) is 9.64. The largest absolute Gasteiger partial charge is 0.481 e. The number of ether oxygens (including phenoxy) is 1. The van der Waals surface area contributed by atoms with Gasteiger partial charge in [0.15, 0.2) is 11.3 Å². The number of ketones is 1. The highest BCUT2D eigenvalue weighted by Crippen LogP contribution is 2.35. The molecule has 0 heterocycles. The molecule has 126 valence electrons. The van der Waals surface area contributed by atoms with Crippen molar-refractivity contribution in [3.63, 3.8) is 0 Å². The van der Waals surface area contributed by atoms with Gasteiger partial charge in [-0.1, -0.05) is 6.92 Å². The summed E-state index contributed by atoms with van der Waals surface area (Å²) in [6.45, 7) is 2.16. The Morgan fingerprint density at radius 1 is 1.41 bits per heavy atom. The SMILES string of the molecule is COC(=O)[C@@](N)(CSC1CCC(C)C1)C(=O)[C@@H](N)CC(=O)O. The molecule has 8 heteroatoms. The first-order valence-corrected chi connectivity index (χ1v) is 8.26.